The second-order valence-corrected chi connectivity index (χ2v) is 8.46. The molecule has 4 aromatic rings. The van der Waals surface area contributed by atoms with E-state index in [0.717, 1.165) is 28.0 Å². The van der Waals surface area contributed by atoms with Gasteiger partial charge in [-0.3, -0.25) is 4.79 Å². The molecule has 0 spiro atoms. The highest BCUT2D eigenvalue weighted by Crippen LogP contribution is 2.33. The lowest BCUT2D eigenvalue weighted by molar-refractivity contribution is -0.133. The van der Waals surface area contributed by atoms with Gasteiger partial charge in [0.15, 0.2) is 0 Å². The van der Waals surface area contributed by atoms with Crippen molar-refractivity contribution in [3.8, 4) is 11.5 Å². The number of carbonyl (C=O) groups is 1. The smallest absolute Gasteiger partial charge is 0.388 e. The van der Waals surface area contributed by atoms with Crippen molar-refractivity contribution in [2.24, 2.45) is 0 Å². The average Bonchev–Trinajstić information content (AvgIpc) is 3.38. The number of nitrogens with zero attached hydrogens (tertiary/aromatic N) is 4. The molecule has 7 nitrogen and oxygen atoms in total. The van der Waals surface area contributed by atoms with Crippen LogP contribution in [0.3, 0.4) is 0 Å². The number of rotatable bonds is 4. The number of fused-ring (bicyclic) bond motifs is 1. The Morgan fingerprint density at radius 3 is 2.77 bits per heavy atom. The van der Waals surface area contributed by atoms with Crippen molar-refractivity contribution in [2.45, 2.75) is 25.3 Å². The van der Waals surface area contributed by atoms with E-state index in [1.165, 1.54) is 4.70 Å². The first kappa shape index (κ1) is 18.7. The van der Waals surface area contributed by atoms with Gasteiger partial charge < -0.3 is 9.32 Å². The predicted octanol–water partition coefficient (Wildman–Crippen LogP) is 3.52. The number of amides is 1. The van der Waals surface area contributed by atoms with Crippen molar-refractivity contribution in [1.29, 1.82) is 0 Å². The molecular weight excluding hydrogens is 400 g/mol. The van der Waals surface area contributed by atoms with Gasteiger partial charge in [-0.25, -0.2) is 9.78 Å². The number of carbonyl (C=O) groups excluding carboxylic acids is 1. The van der Waals surface area contributed by atoms with E-state index in [4.69, 9.17) is 9.40 Å². The van der Waals surface area contributed by atoms with Crippen molar-refractivity contribution < 1.29 is 9.21 Å². The maximum Gasteiger partial charge on any atom is 0.437 e. The fourth-order valence-electron chi connectivity index (χ4n) is 3.80. The molecule has 8 heteroatoms. The molecule has 0 aliphatic carbocycles. The van der Waals surface area contributed by atoms with Gasteiger partial charge in [0.25, 0.3) is 0 Å². The summed E-state index contributed by atoms with van der Waals surface area (Å²) in [6, 6.07) is 17.3. The van der Waals surface area contributed by atoms with Gasteiger partial charge in [0.1, 0.15) is 6.54 Å². The summed E-state index contributed by atoms with van der Waals surface area (Å²) in [7, 11) is 0. The van der Waals surface area contributed by atoms with E-state index in [1.54, 1.807) is 11.3 Å². The third-order valence-electron chi connectivity index (χ3n) is 5.35. The number of hydrogen-bond donors (Lipinski definition) is 0. The summed E-state index contributed by atoms with van der Waals surface area (Å²) in [5.74, 6) is -0.314. The summed E-state index contributed by atoms with van der Waals surface area (Å²) in [5.41, 5.74) is 1.71. The van der Waals surface area contributed by atoms with E-state index >= 15 is 0 Å². The third kappa shape index (κ3) is 3.66. The van der Waals surface area contributed by atoms with Gasteiger partial charge in [0.05, 0.1) is 15.2 Å². The normalized spacial score (nSPS) is 16.8. The number of aromatic nitrogens is 3. The highest BCUT2D eigenvalue weighted by atomic mass is 32.1. The molecule has 1 fully saturated rings. The zero-order valence-electron chi connectivity index (χ0n) is 16.2. The van der Waals surface area contributed by atoms with Gasteiger partial charge in [-0.2, -0.15) is 4.68 Å². The largest absolute Gasteiger partial charge is 0.437 e. The molecule has 30 heavy (non-hydrogen) atoms. The van der Waals surface area contributed by atoms with Crippen molar-refractivity contribution in [3.63, 3.8) is 0 Å². The van der Waals surface area contributed by atoms with E-state index in [9.17, 15) is 9.59 Å². The minimum atomic E-state index is -0.623. The SMILES string of the molecule is O=C(Cn1nc(-c2ccccc2)oc1=O)N1CCC[C@H](c2nc3ccccc3s2)C1. The van der Waals surface area contributed by atoms with Gasteiger partial charge in [-0.05, 0) is 37.1 Å². The van der Waals surface area contributed by atoms with Crippen LogP contribution in [0.5, 0.6) is 0 Å². The average molecular weight is 420 g/mol. The molecule has 1 atom stereocenters. The van der Waals surface area contributed by atoms with Crippen molar-refractivity contribution in [1.82, 2.24) is 19.7 Å². The molecule has 5 rings (SSSR count). The van der Waals surface area contributed by atoms with Crippen LogP contribution in [0.2, 0.25) is 0 Å². The standard InChI is InChI=1S/C22H20N4O3S/c27-19(14-26-22(28)29-20(24-26)15-7-2-1-3-8-15)25-12-6-9-16(13-25)21-23-17-10-4-5-11-18(17)30-21/h1-5,7-8,10-11,16H,6,9,12-14H2/t16-/m0/s1. The third-order valence-corrected chi connectivity index (χ3v) is 6.54. The van der Waals surface area contributed by atoms with E-state index < -0.39 is 5.76 Å². The Bertz CT molecular complexity index is 1210. The number of hydrogen-bond acceptors (Lipinski definition) is 6. The van der Waals surface area contributed by atoms with Crippen LogP contribution in [0.1, 0.15) is 23.8 Å². The minimum absolute atomic E-state index is 0.123. The molecule has 1 aliphatic rings. The summed E-state index contributed by atoms with van der Waals surface area (Å²) < 4.78 is 7.50. The van der Waals surface area contributed by atoms with Crippen molar-refractivity contribution >= 4 is 27.5 Å². The zero-order chi connectivity index (χ0) is 20.5. The zero-order valence-corrected chi connectivity index (χ0v) is 17.0. The fourth-order valence-corrected chi connectivity index (χ4v) is 4.89. The number of benzene rings is 2. The summed E-state index contributed by atoms with van der Waals surface area (Å²) in [6.07, 6.45) is 1.92. The lowest BCUT2D eigenvalue weighted by atomic mass is 9.98. The van der Waals surface area contributed by atoms with Crippen LogP contribution in [0.4, 0.5) is 0 Å². The highest BCUT2D eigenvalue weighted by Gasteiger charge is 2.27. The maximum atomic E-state index is 12.9. The molecule has 1 amide bonds. The molecule has 2 aromatic carbocycles. The summed E-state index contributed by atoms with van der Waals surface area (Å²) in [5, 5.41) is 5.27. The van der Waals surface area contributed by atoms with Gasteiger partial charge in [-0.15, -0.1) is 16.4 Å². The van der Waals surface area contributed by atoms with Crippen LogP contribution in [0.25, 0.3) is 21.7 Å². The molecular formula is C22H20N4O3S. The summed E-state index contributed by atoms with van der Waals surface area (Å²) in [4.78, 5) is 31.6. The number of likely N-dealkylation sites (tertiary alicyclic amines) is 1. The Hall–Kier alpha value is -3.26. The van der Waals surface area contributed by atoms with E-state index in [0.29, 0.717) is 18.7 Å². The first-order chi connectivity index (χ1) is 14.7. The highest BCUT2D eigenvalue weighted by molar-refractivity contribution is 7.18. The van der Waals surface area contributed by atoms with E-state index in [1.807, 2.05) is 53.4 Å². The van der Waals surface area contributed by atoms with Crippen LogP contribution in [0.15, 0.2) is 63.8 Å². The number of thiazole rings is 1. The second kappa shape index (κ2) is 7.87. The Kier molecular flexibility index (Phi) is 4.92. The Labute approximate surface area is 176 Å². The number of piperidine rings is 1. The molecule has 0 saturated carbocycles. The van der Waals surface area contributed by atoms with Gasteiger partial charge >= 0.3 is 5.76 Å². The molecule has 1 saturated heterocycles. The van der Waals surface area contributed by atoms with Crippen LogP contribution < -0.4 is 5.76 Å². The molecule has 0 bridgehead atoms. The lowest BCUT2D eigenvalue weighted by Gasteiger charge is -2.31. The molecule has 0 unspecified atom stereocenters. The van der Waals surface area contributed by atoms with Crippen molar-refractivity contribution in [3.05, 3.63) is 70.2 Å². The van der Waals surface area contributed by atoms with Crippen molar-refractivity contribution in [2.75, 3.05) is 13.1 Å². The van der Waals surface area contributed by atoms with E-state index in [2.05, 4.69) is 11.2 Å². The van der Waals surface area contributed by atoms with Gasteiger partial charge in [0.2, 0.25) is 11.8 Å². The minimum Gasteiger partial charge on any atom is -0.388 e. The summed E-state index contributed by atoms with van der Waals surface area (Å²) in [6.45, 7) is 1.16. The number of para-hydroxylation sites is 1. The van der Waals surface area contributed by atoms with E-state index in [-0.39, 0.29) is 24.3 Å². The quantitative estimate of drug-likeness (QED) is 0.505. The molecule has 0 N–H and O–H groups in total. The topological polar surface area (TPSA) is 81.2 Å². The Balaban J connectivity index is 1.30. The molecule has 2 aromatic heterocycles. The molecule has 0 radical (unpaired) electrons. The predicted molar refractivity (Wildman–Crippen MR) is 114 cm³/mol. The fraction of sp³-hybridized carbons (Fsp3) is 0.273. The van der Waals surface area contributed by atoms with Crippen LogP contribution in [-0.2, 0) is 11.3 Å². The first-order valence-electron chi connectivity index (χ1n) is 9.94. The molecule has 3 heterocycles. The first-order valence-corrected chi connectivity index (χ1v) is 10.8. The molecule has 152 valence electrons. The molecule has 1 aliphatic heterocycles. The second-order valence-electron chi connectivity index (χ2n) is 7.40. The monoisotopic (exact) mass is 420 g/mol. The van der Waals surface area contributed by atoms with Gasteiger partial charge in [-0.1, -0.05) is 30.3 Å². The lowest BCUT2D eigenvalue weighted by Crippen LogP contribution is -2.42. The summed E-state index contributed by atoms with van der Waals surface area (Å²) >= 11 is 1.69. The van der Waals surface area contributed by atoms with Crippen LogP contribution in [0, 0.1) is 0 Å². The van der Waals surface area contributed by atoms with Crippen LogP contribution in [-0.4, -0.2) is 38.7 Å². The van der Waals surface area contributed by atoms with Crippen LogP contribution >= 0.6 is 11.3 Å². The van der Waals surface area contributed by atoms with Gasteiger partial charge in [0, 0.05) is 24.6 Å². The maximum absolute atomic E-state index is 12.9. The Morgan fingerprint density at radius 2 is 1.93 bits per heavy atom. The Morgan fingerprint density at radius 1 is 1.13 bits per heavy atom.